The zero-order valence-corrected chi connectivity index (χ0v) is 13.5. The van der Waals surface area contributed by atoms with Gasteiger partial charge >= 0.3 is 5.69 Å². The van der Waals surface area contributed by atoms with Crippen LogP contribution in [0.25, 0.3) is 0 Å². The second-order valence-electron chi connectivity index (χ2n) is 5.76. The van der Waals surface area contributed by atoms with E-state index in [1.54, 1.807) is 14.0 Å². The SMILES string of the molecule is Cc1nn(C)c(N2CCC[C@@H](Oc3ncccc3F)C2)c1[N+](=O)[O-]. The summed E-state index contributed by atoms with van der Waals surface area (Å²) in [5.74, 6) is -0.107. The maximum atomic E-state index is 13.7. The van der Waals surface area contributed by atoms with Gasteiger partial charge in [-0.15, -0.1) is 0 Å². The number of aryl methyl sites for hydroxylation is 2. The number of halogens is 1. The molecule has 2 aromatic rings. The van der Waals surface area contributed by atoms with Gasteiger partial charge in [-0.2, -0.15) is 5.10 Å². The fraction of sp³-hybridized carbons (Fsp3) is 0.467. The van der Waals surface area contributed by atoms with E-state index in [-0.39, 0.29) is 17.7 Å². The number of hydrogen-bond donors (Lipinski definition) is 0. The van der Waals surface area contributed by atoms with Gasteiger partial charge in [0.05, 0.1) is 11.5 Å². The van der Waals surface area contributed by atoms with Crippen LogP contribution >= 0.6 is 0 Å². The largest absolute Gasteiger partial charge is 0.470 e. The highest BCUT2D eigenvalue weighted by Crippen LogP contribution is 2.33. The summed E-state index contributed by atoms with van der Waals surface area (Å²) in [4.78, 5) is 16.7. The van der Waals surface area contributed by atoms with Crippen LogP contribution in [0.3, 0.4) is 0 Å². The van der Waals surface area contributed by atoms with Gasteiger partial charge in [-0.05, 0) is 31.9 Å². The number of pyridine rings is 1. The molecule has 0 spiro atoms. The predicted octanol–water partition coefficient (Wildman–Crippen LogP) is 2.22. The quantitative estimate of drug-likeness (QED) is 0.629. The normalized spacial score (nSPS) is 17.8. The van der Waals surface area contributed by atoms with Gasteiger partial charge in [0, 0.05) is 19.8 Å². The minimum absolute atomic E-state index is 0.00201. The zero-order valence-electron chi connectivity index (χ0n) is 13.5. The highest BCUT2D eigenvalue weighted by Gasteiger charge is 2.32. The van der Waals surface area contributed by atoms with Crippen LogP contribution in [-0.2, 0) is 7.05 Å². The van der Waals surface area contributed by atoms with Crippen molar-refractivity contribution in [2.75, 3.05) is 18.0 Å². The van der Waals surface area contributed by atoms with Crippen LogP contribution in [0.5, 0.6) is 5.88 Å². The van der Waals surface area contributed by atoms with Crippen LogP contribution in [0.1, 0.15) is 18.5 Å². The molecule has 1 fully saturated rings. The number of nitrogens with zero attached hydrogens (tertiary/aromatic N) is 5. The first-order valence-electron chi connectivity index (χ1n) is 7.67. The van der Waals surface area contributed by atoms with E-state index in [1.165, 1.54) is 23.0 Å². The number of ether oxygens (including phenoxy) is 1. The van der Waals surface area contributed by atoms with Gasteiger partial charge in [0.2, 0.25) is 5.82 Å². The fourth-order valence-corrected chi connectivity index (χ4v) is 3.05. The van der Waals surface area contributed by atoms with Gasteiger partial charge in [0.15, 0.2) is 5.82 Å². The van der Waals surface area contributed by atoms with E-state index in [4.69, 9.17) is 4.74 Å². The van der Waals surface area contributed by atoms with Crippen LogP contribution in [-0.4, -0.2) is 38.9 Å². The van der Waals surface area contributed by atoms with Crippen LogP contribution < -0.4 is 9.64 Å². The molecule has 0 radical (unpaired) electrons. The Morgan fingerprint density at radius 2 is 2.29 bits per heavy atom. The van der Waals surface area contributed by atoms with Gasteiger partial charge in [-0.25, -0.2) is 14.1 Å². The van der Waals surface area contributed by atoms with Crippen molar-refractivity contribution in [3.63, 3.8) is 0 Å². The molecule has 2 aromatic heterocycles. The molecule has 8 nitrogen and oxygen atoms in total. The van der Waals surface area contributed by atoms with Crippen molar-refractivity contribution in [2.24, 2.45) is 7.05 Å². The third kappa shape index (κ3) is 3.01. The Bertz CT molecular complexity index is 764. The van der Waals surface area contributed by atoms with E-state index in [2.05, 4.69) is 10.1 Å². The summed E-state index contributed by atoms with van der Waals surface area (Å²) in [6.45, 7) is 2.68. The Morgan fingerprint density at radius 1 is 1.50 bits per heavy atom. The number of nitro groups is 1. The molecule has 0 aliphatic carbocycles. The lowest BCUT2D eigenvalue weighted by atomic mass is 10.1. The highest BCUT2D eigenvalue weighted by atomic mass is 19.1. The van der Waals surface area contributed by atoms with Gasteiger partial charge in [0.1, 0.15) is 11.8 Å². The standard InChI is InChI=1S/C15H18FN5O3/c1-10-13(21(22)23)15(19(2)18-10)20-8-4-5-11(9-20)24-14-12(16)6-3-7-17-14/h3,6-7,11H,4-5,8-9H2,1-2H3/t11-/m1/s1. The molecule has 128 valence electrons. The molecule has 0 bridgehead atoms. The average Bonchev–Trinajstić information content (AvgIpc) is 2.84. The molecule has 24 heavy (non-hydrogen) atoms. The lowest BCUT2D eigenvalue weighted by Gasteiger charge is -2.33. The molecular weight excluding hydrogens is 317 g/mol. The van der Waals surface area contributed by atoms with Gasteiger partial charge in [-0.1, -0.05) is 0 Å². The van der Waals surface area contributed by atoms with Gasteiger partial charge in [-0.3, -0.25) is 10.1 Å². The molecular formula is C15H18FN5O3. The zero-order chi connectivity index (χ0) is 17.3. The Labute approximate surface area is 138 Å². The van der Waals surface area contributed by atoms with Crippen molar-refractivity contribution in [1.82, 2.24) is 14.8 Å². The monoisotopic (exact) mass is 335 g/mol. The first-order chi connectivity index (χ1) is 11.5. The minimum Gasteiger partial charge on any atom is -0.470 e. The van der Waals surface area contributed by atoms with Crippen LogP contribution in [0.15, 0.2) is 18.3 Å². The Hall–Kier alpha value is -2.71. The number of anilines is 1. The number of aromatic nitrogens is 3. The molecule has 1 atom stereocenters. The van der Waals surface area contributed by atoms with Gasteiger partial charge < -0.3 is 9.64 Å². The van der Waals surface area contributed by atoms with Gasteiger partial charge in [0.25, 0.3) is 5.88 Å². The fourth-order valence-electron chi connectivity index (χ4n) is 3.05. The summed E-state index contributed by atoms with van der Waals surface area (Å²) in [5, 5.41) is 15.5. The number of hydrogen-bond acceptors (Lipinski definition) is 6. The smallest absolute Gasteiger partial charge is 0.333 e. The molecule has 1 aliphatic rings. The summed E-state index contributed by atoms with van der Waals surface area (Å²) in [5.41, 5.74) is 0.374. The molecule has 3 heterocycles. The summed E-state index contributed by atoms with van der Waals surface area (Å²) in [6, 6.07) is 2.79. The van der Waals surface area contributed by atoms with E-state index >= 15 is 0 Å². The lowest BCUT2D eigenvalue weighted by Crippen LogP contribution is -2.42. The summed E-state index contributed by atoms with van der Waals surface area (Å²) in [7, 11) is 1.68. The maximum absolute atomic E-state index is 13.7. The summed E-state index contributed by atoms with van der Waals surface area (Å²) < 4.78 is 20.9. The molecule has 1 aliphatic heterocycles. The molecule has 0 N–H and O–H groups in total. The van der Waals surface area contributed by atoms with Crippen LogP contribution in [0.4, 0.5) is 15.9 Å². The molecule has 0 amide bonds. The Balaban J connectivity index is 1.82. The third-order valence-electron chi connectivity index (χ3n) is 4.02. The van der Waals surface area contributed by atoms with E-state index in [1.807, 2.05) is 4.90 Å². The van der Waals surface area contributed by atoms with Crippen molar-refractivity contribution >= 4 is 11.5 Å². The number of rotatable bonds is 4. The van der Waals surface area contributed by atoms with Crippen molar-refractivity contribution in [3.8, 4) is 5.88 Å². The second kappa shape index (κ2) is 6.42. The molecule has 3 rings (SSSR count). The van der Waals surface area contributed by atoms with Crippen molar-refractivity contribution < 1.29 is 14.1 Å². The van der Waals surface area contributed by atoms with Crippen LogP contribution in [0.2, 0.25) is 0 Å². The Kier molecular flexibility index (Phi) is 4.32. The lowest BCUT2D eigenvalue weighted by molar-refractivity contribution is -0.384. The van der Waals surface area contributed by atoms with Crippen LogP contribution in [0, 0.1) is 22.9 Å². The predicted molar refractivity (Wildman–Crippen MR) is 84.7 cm³/mol. The molecule has 1 saturated heterocycles. The van der Waals surface area contributed by atoms with E-state index < -0.39 is 10.7 Å². The molecule has 9 heteroatoms. The minimum atomic E-state index is -0.517. The van der Waals surface area contributed by atoms with E-state index in [0.717, 1.165) is 12.8 Å². The third-order valence-corrected chi connectivity index (χ3v) is 4.02. The van der Waals surface area contributed by atoms with E-state index in [0.29, 0.717) is 24.6 Å². The van der Waals surface area contributed by atoms with E-state index in [9.17, 15) is 14.5 Å². The summed E-state index contributed by atoms with van der Waals surface area (Å²) >= 11 is 0. The van der Waals surface area contributed by atoms with Crippen molar-refractivity contribution in [2.45, 2.75) is 25.9 Å². The maximum Gasteiger partial charge on any atom is 0.333 e. The first-order valence-corrected chi connectivity index (χ1v) is 7.67. The Morgan fingerprint density at radius 3 is 3.00 bits per heavy atom. The summed E-state index contributed by atoms with van der Waals surface area (Å²) in [6.07, 6.45) is 2.68. The number of piperidine rings is 1. The van der Waals surface area contributed by atoms with Crippen molar-refractivity contribution in [3.05, 3.63) is 40.0 Å². The average molecular weight is 335 g/mol. The topological polar surface area (TPSA) is 86.3 Å². The second-order valence-corrected chi connectivity index (χ2v) is 5.76. The molecule has 0 saturated carbocycles. The molecule has 0 unspecified atom stereocenters. The highest BCUT2D eigenvalue weighted by molar-refractivity contribution is 5.61. The molecule has 0 aromatic carbocycles. The van der Waals surface area contributed by atoms with Crippen molar-refractivity contribution in [1.29, 1.82) is 0 Å². The first kappa shape index (κ1) is 16.2.